The van der Waals surface area contributed by atoms with Crippen LogP contribution < -0.4 is 21.3 Å². The lowest BCUT2D eigenvalue weighted by Crippen LogP contribution is -2.25. The number of aromatic nitrogens is 1. The number of urea groups is 2. The molecule has 4 N–H and O–H groups in total. The number of benzene rings is 2. The van der Waals surface area contributed by atoms with Crippen molar-refractivity contribution in [3.8, 4) is 23.7 Å². The smallest absolute Gasteiger partial charge is 0.319 e. The molecule has 7 nitrogen and oxygen atoms in total. The third kappa shape index (κ3) is 8.12. The molecule has 0 fully saturated rings. The zero-order valence-corrected chi connectivity index (χ0v) is 24.5. The SMILES string of the molecule is CNC(=O)Nc1ccc(C(C)(C)C)cc1C#Cc1cccc(C#Cc2cc(C(C)(C)C)ccc2NC(=O)NC)n1. The Morgan fingerprint density at radius 1 is 0.625 bits per heavy atom. The van der Waals surface area contributed by atoms with Gasteiger partial charge in [-0.05, 0) is 70.2 Å². The molecular weight excluding hydrogens is 498 g/mol. The maximum absolute atomic E-state index is 12.0. The fourth-order valence-corrected chi connectivity index (χ4v) is 3.65. The highest BCUT2D eigenvalue weighted by Crippen LogP contribution is 2.28. The van der Waals surface area contributed by atoms with Crippen molar-refractivity contribution in [3.05, 3.63) is 88.2 Å². The van der Waals surface area contributed by atoms with Crippen molar-refractivity contribution >= 4 is 23.4 Å². The van der Waals surface area contributed by atoms with Crippen LogP contribution in [0.2, 0.25) is 0 Å². The Kier molecular flexibility index (Phi) is 9.24. The molecule has 3 rings (SSSR count). The van der Waals surface area contributed by atoms with Crippen LogP contribution in [0.1, 0.15) is 75.2 Å². The van der Waals surface area contributed by atoms with E-state index in [0.717, 1.165) is 11.1 Å². The normalized spacial score (nSPS) is 10.8. The van der Waals surface area contributed by atoms with Gasteiger partial charge in [0, 0.05) is 25.2 Å². The van der Waals surface area contributed by atoms with Gasteiger partial charge in [0.15, 0.2) is 0 Å². The number of rotatable bonds is 2. The Bertz CT molecular complexity index is 1420. The first-order chi connectivity index (χ1) is 18.8. The van der Waals surface area contributed by atoms with E-state index < -0.39 is 0 Å². The molecule has 1 aromatic heterocycles. The van der Waals surface area contributed by atoms with Crippen LogP contribution in [0.5, 0.6) is 0 Å². The number of hydrogen-bond acceptors (Lipinski definition) is 3. The van der Waals surface area contributed by atoms with Gasteiger partial charge in [0.2, 0.25) is 0 Å². The van der Waals surface area contributed by atoms with E-state index in [1.165, 1.54) is 0 Å². The Labute approximate surface area is 237 Å². The van der Waals surface area contributed by atoms with Crippen LogP contribution in [0.25, 0.3) is 0 Å². The van der Waals surface area contributed by atoms with Crippen molar-refractivity contribution in [2.24, 2.45) is 0 Å². The monoisotopic (exact) mass is 535 g/mol. The zero-order chi connectivity index (χ0) is 29.5. The molecule has 0 aliphatic rings. The summed E-state index contributed by atoms with van der Waals surface area (Å²) in [5, 5.41) is 10.8. The van der Waals surface area contributed by atoms with E-state index in [4.69, 9.17) is 0 Å². The molecule has 206 valence electrons. The Hall–Kier alpha value is -4.75. The number of amides is 4. The highest BCUT2D eigenvalue weighted by Gasteiger charge is 2.17. The largest absolute Gasteiger partial charge is 0.341 e. The minimum absolute atomic E-state index is 0.0778. The molecule has 4 amide bonds. The van der Waals surface area contributed by atoms with Crippen molar-refractivity contribution in [3.63, 3.8) is 0 Å². The van der Waals surface area contributed by atoms with Gasteiger partial charge >= 0.3 is 12.1 Å². The second-order valence-corrected chi connectivity index (χ2v) is 11.3. The Morgan fingerprint density at radius 2 is 1.02 bits per heavy atom. The van der Waals surface area contributed by atoms with Crippen molar-refractivity contribution in [1.29, 1.82) is 0 Å². The van der Waals surface area contributed by atoms with Gasteiger partial charge in [0.1, 0.15) is 11.4 Å². The minimum Gasteiger partial charge on any atom is -0.341 e. The molecule has 0 unspecified atom stereocenters. The fourth-order valence-electron chi connectivity index (χ4n) is 3.65. The van der Waals surface area contributed by atoms with Gasteiger partial charge in [-0.3, -0.25) is 0 Å². The topological polar surface area (TPSA) is 95.2 Å². The lowest BCUT2D eigenvalue weighted by Gasteiger charge is -2.20. The first kappa shape index (κ1) is 29.8. The number of nitrogens with zero attached hydrogens (tertiary/aromatic N) is 1. The molecule has 3 aromatic rings. The van der Waals surface area contributed by atoms with Crippen molar-refractivity contribution in [2.75, 3.05) is 24.7 Å². The van der Waals surface area contributed by atoms with Crippen LogP contribution in [0.4, 0.5) is 21.0 Å². The van der Waals surface area contributed by atoms with E-state index >= 15 is 0 Å². The zero-order valence-electron chi connectivity index (χ0n) is 24.5. The molecule has 7 heteroatoms. The van der Waals surface area contributed by atoms with Crippen molar-refractivity contribution in [1.82, 2.24) is 15.6 Å². The second-order valence-electron chi connectivity index (χ2n) is 11.3. The first-order valence-corrected chi connectivity index (χ1v) is 13.1. The molecule has 0 spiro atoms. The van der Waals surface area contributed by atoms with E-state index in [9.17, 15) is 9.59 Å². The van der Waals surface area contributed by atoms with Crippen molar-refractivity contribution in [2.45, 2.75) is 52.4 Å². The average Bonchev–Trinajstić information content (AvgIpc) is 2.90. The summed E-state index contributed by atoms with van der Waals surface area (Å²) in [6, 6.07) is 16.6. The number of anilines is 2. The van der Waals surface area contributed by atoms with Crippen LogP contribution >= 0.6 is 0 Å². The molecule has 0 saturated carbocycles. The lowest BCUT2D eigenvalue weighted by molar-refractivity contribution is 0.253. The lowest BCUT2D eigenvalue weighted by atomic mass is 9.86. The molecule has 0 bridgehead atoms. The van der Waals surface area contributed by atoms with Gasteiger partial charge < -0.3 is 21.3 Å². The molecule has 40 heavy (non-hydrogen) atoms. The number of nitrogens with one attached hydrogen (secondary N) is 4. The van der Waals surface area contributed by atoms with E-state index in [2.05, 4.69) is 91.5 Å². The van der Waals surface area contributed by atoms with Crippen LogP contribution in [0.15, 0.2) is 54.6 Å². The van der Waals surface area contributed by atoms with Crippen molar-refractivity contribution < 1.29 is 9.59 Å². The fraction of sp³-hybridized carbons (Fsp3) is 0.303. The summed E-state index contributed by atoms with van der Waals surface area (Å²) in [5.41, 5.74) is 5.76. The molecule has 0 atom stereocenters. The van der Waals surface area contributed by atoms with Gasteiger partial charge in [0.05, 0.1) is 11.4 Å². The second kappa shape index (κ2) is 12.4. The summed E-state index contributed by atoms with van der Waals surface area (Å²) < 4.78 is 0. The molecule has 0 aliphatic heterocycles. The molecule has 0 radical (unpaired) electrons. The van der Waals surface area contributed by atoms with Gasteiger partial charge in [-0.15, -0.1) is 0 Å². The molecule has 1 heterocycles. The summed E-state index contributed by atoms with van der Waals surface area (Å²) in [6.45, 7) is 12.8. The summed E-state index contributed by atoms with van der Waals surface area (Å²) in [4.78, 5) is 28.6. The third-order valence-electron chi connectivity index (χ3n) is 6.12. The van der Waals surface area contributed by atoms with E-state index in [0.29, 0.717) is 33.9 Å². The summed E-state index contributed by atoms with van der Waals surface area (Å²) in [7, 11) is 3.13. The first-order valence-electron chi connectivity index (χ1n) is 13.1. The van der Waals surface area contributed by atoms with Crippen LogP contribution in [0, 0.1) is 23.7 Å². The van der Waals surface area contributed by atoms with Crippen LogP contribution in [-0.4, -0.2) is 31.1 Å². The predicted molar refractivity (Wildman–Crippen MR) is 163 cm³/mol. The highest BCUT2D eigenvalue weighted by molar-refractivity contribution is 5.91. The summed E-state index contributed by atoms with van der Waals surface area (Å²) in [5.74, 6) is 12.6. The van der Waals surface area contributed by atoms with E-state index in [1.807, 2.05) is 54.6 Å². The summed E-state index contributed by atoms with van der Waals surface area (Å²) >= 11 is 0. The summed E-state index contributed by atoms with van der Waals surface area (Å²) in [6.07, 6.45) is 0. The average molecular weight is 536 g/mol. The predicted octanol–water partition coefficient (Wildman–Crippen LogP) is 5.98. The standard InChI is InChI=1S/C33H37N5O2/c1-32(2,3)24-14-18-28(37-30(39)34-7)22(20-24)12-16-26-10-9-11-27(36-26)17-13-23-21-25(33(4,5)6)15-19-29(23)38-31(40)35-8/h9-11,14-15,18-21H,1-8H3,(H2,34,37,39)(H2,35,38,40). The van der Waals surface area contributed by atoms with Gasteiger partial charge in [-0.1, -0.05) is 71.6 Å². The maximum Gasteiger partial charge on any atom is 0.319 e. The number of carbonyl (C=O) groups is 2. The Morgan fingerprint density at radius 3 is 1.38 bits per heavy atom. The molecule has 0 saturated heterocycles. The third-order valence-corrected chi connectivity index (χ3v) is 6.12. The quantitative estimate of drug-likeness (QED) is 0.304. The molecular formula is C33H37N5O2. The number of carbonyl (C=O) groups excluding carboxylic acids is 2. The Balaban J connectivity index is 1.99. The number of pyridine rings is 1. The number of hydrogen-bond donors (Lipinski definition) is 4. The van der Waals surface area contributed by atoms with Crippen LogP contribution in [-0.2, 0) is 10.8 Å². The van der Waals surface area contributed by atoms with Gasteiger partial charge in [0.25, 0.3) is 0 Å². The highest BCUT2D eigenvalue weighted by atomic mass is 16.2. The molecule has 2 aromatic carbocycles. The van der Waals surface area contributed by atoms with Gasteiger partial charge in [-0.2, -0.15) is 0 Å². The van der Waals surface area contributed by atoms with Crippen LogP contribution in [0.3, 0.4) is 0 Å². The van der Waals surface area contributed by atoms with E-state index in [1.54, 1.807) is 14.1 Å². The maximum atomic E-state index is 12.0. The van der Waals surface area contributed by atoms with E-state index in [-0.39, 0.29) is 22.9 Å². The molecule has 0 aliphatic carbocycles. The van der Waals surface area contributed by atoms with Gasteiger partial charge in [-0.25, -0.2) is 14.6 Å². The minimum atomic E-state index is -0.317.